The summed E-state index contributed by atoms with van der Waals surface area (Å²) in [6, 6.07) is 12.9. The van der Waals surface area contributed by atoms with Crippen LogP contribution in [0.2, 0.25) is 5.02 Å². The minimum absolute atomic E-state index is 0.297. The van der Waals surface area contributed by atoms with Crippen LogP contribution in [-0.2, 0) is 12.3 Å². The fourth-order valence-corrected chi connectivity index (χ4v) is 3.05. The van der Waals surface area contributed by atoms with E-state index in [-0.39, 0.29) is 5.82 Å². The summed E-state index contributed by atoms with van der Waals surface area (Å²) in [5, 5.41) is 3.61. The van der Waals surface area contributed by atoms with E-state index in [4.69, 9.17) is 11.6 Å². The molecule has 2 rings (SSSR count). The van der Waals surface area contributed by atoms with Crippen LogP contribution in [0.4, 0.5) is 4.39 Å². The molecular weight excluding hydrogens is 281 g/mol. The molecule has 0 radical (unpaired) electrons. The topological polar surface area (TPSA) is 12.0 Å². The number of rotatable bonds is 5. The zero-order valence-corrected chi connectivity index (χ0v) is 12.2. The molecule has 1 nitrogen and oxygen atoms in total. The summed E-state index contributed by atoms with van der Waals surface area (Å²) in [6.45, 7) is 0.853. The predicted molar refractivity (Wildman–Crippen MR) is 80.2 cm³/mol. The number of hydrogen-bond donors (Lipinski definition) is 1. The summed E-state index contributed by atoms with van der Waals surface area (Å²) < 4.78 is 13.0. The summed E-state index contributed by atoms with van der Waals surface area (Å²) in [4.78, 5) is 1.19. The summed E-state index contributed by atoms with van der Waals surface area (Å²) in [5.41, 5.74) is 2.20. The highest BCUT2D eigenvalue weighted by molar-refractivity contribution is 7.98. The molecular formula is C15H15ClFNS. The SMILES string of the molecule is CNCc1cccc(SCc2ccc(F)cc2Cl)c1. The van der Waals surface area contributed by atoms with Gasteiger partial charge in [-0.1, -0.05) is 29.8 Å². The fourth-order valence-electron chi connectivity index (χ4n) is 1.75. The number of benzene rings is 2. The zero-order valence-electron chi connectivity index (χ0n) is 10.6. The van der Waals surface area contributed by atoms with Crippen molar-refractivity contribution < 1.29 is 4.39 Å². The Balaban J connectivity index is 2.03. The van der Waals surface area contributed by atoms with Gasteiger partial charge in [-0.3, -0.25) is 0 Å². The van der Waals surface area contributed by atoms with Crippen LogP contribution in [0, 0.1) is 5.82 Å². The van der Waals surface area contributed by atoms with Crippen molar-refractivity contribution in [2.75, 3.05) is 7.05 Å². The van der Waals surface area contributed by atoms with Crippen molar-refractivity contribution in [1.82, 2.24) is 5.32 Å². The van der Waals surface area contributed by atoms with E-state index in [1.165, 1.54) is 22.6 Å². The van der Waals surface area contributed by atoms with E-state index in [1.54, 1.807) is 17.8 Å². The van der Waals surface area contributed by atoms with Gasteiger partial charge < -0.3 is 5.32 Å². The Morgan fingerprint density at radius 2 is 2.05 bits per heavy atom. The number of hydrogen-bond acceptors (Lipinski definition) is 2. The molecule has 0 fully saturated rings. The van der Waals surface area contributed by atoms with Crippen molar-refractivity contribution in [3.05, 3.63) is 64.4 Å². The quantitative estimate of drug-likeness (QED) is 0.816. The number of thioether (sulfide) groups is 1. The predicted octanol–water partition coefficient (Wildman–Crippen LogP) is 4.49. The van der Waals surface area contributed by atoms with Crippen LogP contribution < -0.4 is 5.32 Å². The van der Waals surface area contributed by atoms with Crippen molar-refractivity contribution in [2.45, 2.75) is 17.2 Å². The molecule has 0 saturated carbocycles. The summed E-state index contributed by atoms with van der Waals surface area (Å²) in [7, 11) is 1.93. The first-order valence-electron chi connectivity index (χ1n) is 5.99. The molecule has 100 valence electrons. The Hall–Kier alpha value is -1.03. The molecule has 2 aromatic carbocycles. The average molecular weight is 296 g/mol. The second-order valence-electron chi connectivity index (χ2n) is 4.20. The zero-order chi connectivity index (χ0) is 13.7. The van der Waals surface area contributed by atoms with Gasteiger partial charge in [-0.2, -0.15) is 0 Å². The Morgan fingerprint density at radius 1 is 1.21 bits per heavy atom. The molecule has 0 saturated heterocycles. The molecule has 0 bridgehead atoms. The van der Waals surface area contributed by atoms with E-state index in [0.717, 1.165) is 17.9 Å². The summed E-state index contributed by atoms with van der Waals surface area (Å²) in [6.07, 6.45) is 0. The van der Waals surface area contributed by atoms with Gasteiger partial charge in [0.2, 0.25) is 0 Å². The van der Waals surface area contributed by atoms with E-state index < -0.39 is 0 Å². The molecule has 0 aliphatic heterocycles. The van der Waals surface area contributed by atoms with Gasteiger partial charge in [-0.15, -0.1) is 11.8 Å². The van der Waals surface area contributed by atoms with Crippen LogP contribution in [0.3, 0.4) is 0 Å². The van der Waals surface area contributed by atoms with Gasteiger partial charge in [0.1, 0.15) is 5.82 Å². The lowest BCUT2D eigenvalue weighted by Gasteiger charge is -2.06. The summed E-state index contributed by atoms with van der Waals surface area (Å²) in [5.74, 6) is 0.442. The second kappa shape index (κ2) is 6.94. The Morgan fingerprint density at radius 3 is 2.79 bits per heavy atom. The maximum absolute atomic E-state index is 13.0. The summed E-state index contributed by atoms with van der Waals surface area (Å²) >= 11 is 7.71. The number of halogens is 2. The van der Waals surface area contributed by atoms with Gasteiger partial charge in [0.05, 0.1) is 0 Å². The van der Waals surface area contributed by atoms with Gasteiger partial charge in [-0.25, -0.2) is 4.39 Å². The van der Waals surface area contributed by atoms with Crippen LogP contribution in [0.1, 0.15) is 11.1 Å². The van der Waals surface area contributed by atoms with E-state index >= 15 is 0 Å². The molecule has 0 aromatic heterocycles. The second-order valence-corrected chi connectivity index (χ2v) is 5.66. The lowest BCUT2D eigenvalue weighted by Crippen LogP contribution is -2.04. The first kappa shape index (κ1) is 14.4. The molecule has 0 spiro atoms. The Bertz CT molecular complexity index is 560. The van der Waals surface area contributed by atoms with Gasteiger partial charge >= 0.3 is 0 Å². The maximum atomic E-state index is 13.0. The van der Waals surface area contributed by atoms with E-state index in [9.17, 15) is 4.39 Å². The van der Waals surface area contributed by atoms with Crippen molar-refractivity contribution in [3.8, 4) is 0 Å². The molecule has 4 heteroatoms. The van der Waals surface area contributed by atoms with Gasteiger partial charge in [0, 0.05) is 22.2 Å². The van der Waals surface area contributed by atoms with Crippen LogP contribution >= 0.6 is 23.4 Å². The largest absolute Gasteiger partial charge is 0.316 e. The van der Waals surface area contributed by atoms with Crippen LogP contribution in [0.25, 0.3) is 0 Å². The van der Waals surface area contributed by atoms with Crippen molar-refractivity contribution in [1.29, 1.82) is 0 Å². The van der Waals surface area contributed by atoms with Crippen molar-refractivity contribution in [3.63, 3.8) is 0 Å². The lowest BCUT2D eigenvalue weighted by molar-refractivity contribution is 0.627. The maximum Gasteiger partial charge on any atom is 0.124 e. The van der Waals surface area contributed by atoms with Gasteiger partial charge in [0.25, 0.3) is 0 Å². The third-order valence-electron chi connectivity index (χ3n) is 2.69. The highest BCUT2D eigenvalue weighted by Crippen LogP contribution is 2.27. The molecule has 0 aliphatic carbocycles. The highest BCUT2D eigenvalue weighted by atomic mass is 35.5. The molecule has 1 N–H and O–H groups in total. The fraction of sp³-hybridized carbons (Fsp3) is 0.200. The smallest absolute Gasteiger partial charge is 0.124 e. The molecule has 0 unspecified atom stereocenters. The minimum atomic E-state index is -0.297. The van der Waals surface area contributed by atoms with E-state index in [1.807, 2.05) is 13.1 Å². The standard InChI is InChI=1S/C15H15ClFNS/c1-18-9-11-3-2-4-14(7-11)19-10-12-5-6-13(17)8-15(12)16/h2-8,18H,9-10H2,1H3. The highest BCUT2D eigenvalue weighted by Gasteiger charge is 2.03. The van der Waals surface area contributed by atoms with E-state index in [2.05, 4.69) is 23.5 Å². The van der Waals surface area contributed by atoms with Crippen LogP contribution in [0.5, 0.6) is 0 Å². The third kappa shape index (κ3) is 4.23. The Labute approximate surface area is 122 Å². The monoisotopic (exact) mass is 295 g/mol. The van der Waals surface area contributed by atoms with Crippen molar-refractivity contribution in [2.24, 2.45) is 0 Å². The molecule has 0 amide bonds. The van der Waals surface area contributed by atoms with E-state index in [0.29, 0.717) is 5.02 Å². The number of nitrogens with one attached hydrogen (secondary N) is 1. The van der Waals surface area contributed by atoms with Crippen molar-refractivity contribution >= 4 is 23.4 Å². The molecule has 19 heavy (non-hydrogen) atoms. The molecule has 0 aliphatic rings. The lowest BCUT2D eigenvalue weighted by atomic mass is 10.2. The molecule has 0 heterocycles. The minimum Gasteiger partial charge on any atom is -0.316 e. The first-order valence-corrected chi connectivity index (χ1v) is 7.35. The average Bonchev–Trinajstić information content (AvgIpc) is 2.38. The van der Waals surface area contributed by atoms with Crippen LogP contribution in [0.15, 0.2) is 47.4 Å². The third-order valence-corrected chi connectivity index (χ3v) is 4.08. The molecule has 2 aromatic rings. The van der Waals surface area contributed by atoms with Crippen LogP contribution in [-0.4, -0.2) is 7.05 Å². The normalized spacial score (nSPS) is 10.7. The Kier molecular flexibility index (Phi) is 5.25. The van der Waals surface area contributed by atoms with Gasteiger partial charge in [0.15, 0.2) is 0 Å². The van der Waals surface area contributed by atoms with Gasteiger partial charge in [-0.05, 0) is 42.4 Å². The first-order chi connectivity index (χ1) is 9.19. The molecule has 0 atom stereocenters.